The monoisotopic (exact) mass is 176 g/mol. The molecule has 1 aromatic carbocycles. The molecule has 0 spiro atoms. The van der Waals surface area contributed by atoms with E-state index < -0.39 is 0 Å². The van der Waals surface area contributed by atoms with Gasteiger partial charge in [0.15, 0.2) is 0 Å². The second-order valence-corrected chi connectivity index (χ2v) is 2.94. The van der Waals surface area contributed by atoms with Gasteiger partial charge in [0.05, 0.1) is 11.4 Å². The fraction of sp³-hybridized carbons (Fsp3) is 0.273. The number of para-hydroxylation sites is 2. The molecule has 0 radical (unpaired) electrons. The molecule has 0 fully saturated rings. The molecule has 13 heavy (non-hydrogen) atoms. The predicted octanol–water partition coefficient (Wildman–Crippen LogP) is 2.65. The predicted molar refractivity (Wildman–Crippen MR) is 58.8 cm³/mol. The number of nitrogens with one attached hydrogen (secondary N) is 1. The molecule has 0 unspecified atom stereocenters. The van der Waals surface area contributed by atoms with E-state index in [1.54, 1.807) is 0 Å². The van der Waals surface area contributed by atoms with Crippen LogP contribution < -0.4 is 11.1 Å². The molecule has 2 heteroatoms. The quantitative estimate of drug-likeness (QED) is 0.411. The molecule has 0 amide bonds. The lowest BCUT2D eigenvalue weighted by Gasteiger charge is -2.07. The minimum Gasteiger partial charge on any atom is -0.397 e. The second kappa shape index (κ2) is 5.25. The van der Waals surface area contributed by atoms with Crippen molar-refractivity contribution in [3.8, 4) is 0 Å². The van der Waals surface area contributed by atoms with Crippen LogP contribution in [0.25, 0.3) is 0 Å². The molecule has 0 aromatic heterocycles. The summed E-state index contributed by atoms with van der Waals surface area (Å²) in [6, 6.07) is 7.80. The smallest absolute Gasteiger partial charge is 0.0573 e. The van der Waals surface area contributed by atoms with Gasteiger partial charge in [0, 0.05) is 6.54 Å². The van der Waals surface area contributed by atoms with Gasteiger partial charge in [0.2, 0.25) is 0 Å². The average Bonchev–Trinajstić information content (AvgIpc) is 2.15. The summed E-state index contributed by atoms with van der Waals surface area (Å²) < 4.78 is 0. The van der Waals surface area contributed by atoms with Gasteiger partial charge in [0.1, 0.15) is 0 Å². The molecule has 1 rings (SSSR count). The number of unbranched alkanes of at least 4 members (excludes halogenated alkanes) is 1. The van der Waals surface area contributed by atoms with Crippen LogP contribution in [0.1, 0.15) is 12.8 Å². The molecular weight excluding hydrogens is 160 g/mol. The first-order valence-electron chi connectivity index (χ1n) is 4.54. The Labute approximate surface area is 79.5 Å². The number of hydrogen-bond donors (Lipinski definition) is 2. The highest BCUT2D eigenvalue weighted by molar-refractivity contribution is 5.65. The summed E-state index contributed by atoms with van der Waals surface area (Å²) in [4.78, 5) is 0. The Kier molecular flexibility index (Phi) is 3.89. The fourth-order valence-electron chi connectivity index (χ4n) is 1.13. The summed E-state index contributed by atoms with van der Waals surface area (Å²) in [5.74, 6) is 0. The molecule has 0 atom stereocenters. The van der Waals surface area contributed by atoms with Crippen LogP contribution in [0.4, 0.5) is 11.4 Å². The third-order valence-corrected chi connectivity index (χ3v) is 1.86. The number of benzene rings is 1. The Bertz CT molecular complexity index is 269. The topological polar surface area (TPSA) is 38.0 Å². The maximum Gasteiger partial charge on any atom is 0.0573 e. The first-order valence-corrected chi connectivity index (χ1v) is 4.54. The standard InChI is InChI=1S/C11H16N2/c1-2-3-6-9-13-11-8-5-4-7-10(11)12/h2,4-5,7-8,13H,1,3,6,9,12H2. The number of hydrogen-bond acceptors (Lipinski definition) is 2. The molecule has 0 saturated carbocycles. The number of nitrogen functional groups attached to an aromatic ring is 1. The summed E-state index contributed by atoms with van der Waals surface area (Å²) >= 11 is 0. The van der Waals surface area contributed by atoms with Crippen LogP contribution in [-0.2, 0) is 0 Å². The third kappa shape index (κ3) is 3.20. The van der Waals surface area contributed by atoms with Crippen molar-refractivity contribution in [2.24, 2.45) is 0 Å². The highest BCUT2D eigenvalue weighted by atomic mass is 14.9. The van der Waals surface area contributed by atoms with E-state index in [-0.39, 0.29) is 0 Å². The molecule has 0 heterocycles. The highest BCUT2D eigenvalue weighted by Gasteiger charge is 1.94. The Hall–Kier alpha value is -1.44. The maximum absolute atomic E-state index is 5.75. The van der Waals surface area contributed by atoms with Gasteiger partial charge in [0.25, 0.3) is 0 Å². The van der Waals surface area contributed by atoms with E-state index in [1.807, 2.05) is 30.3 Å². The summed E-state index contributed by atoms with van der Waals surface area (Å²) in [5.41, 5.74) is 7.58. The Morgan fingerprint density at radius 2 is 2.15 bits per heavy atom. The van der Waals surface area contributed by atoms with Crippen molar-refractivity contribution < 1.29 is 0 Å². The molecule has 0 aliphatic heterocycles. The molecule has 0 aliphatic carbocycles. The molecule has 70 valence electrons. The van der Waals surface area contributed by atoms with Gasteiger partial charge in [-0.15, -0.1) is 6.58 Å². The van der Waals surface area contributed by atoms with Crippen LogP contribution in [0, 0.1) is 0 Å². The zero-order valence-corrected chi connectivity index (χ0v) is 7.79. The van der Waals surface area contributed by atoms with Crippen molar-refractivity contribution >= 4 is 11.4 Å². The molecule has 0 bridgehead atoms. The van der Waals surface area contributed by atoms with Crippen molar-refractivity contribution in [3.05, 3.63) is 36.9 Å². The van der Waals surface area contributed by atoms with E-state index in [2.05, 4.69) is 11.9 Å². The molecule has 0 aliphatic rings. The summed E-state index contributed by atoms with van der Waals surface area (Å²) in [6.07, 6.45) is 4.06. The van der Waals surface area contributed by atoms with E-state index in [0.717, 1.165) is 30.8 Å². The molecule has 2 nitrogen and oxygen atoms in total. The Balaban J connectivity index is 2.36. The lowest BCUT2D eigenvalue weighted by Crippen LogP contribution is -2.03. The minimum atomic E-state index is 0.807. The van der Waals surface area contributed by atoms with Crippen molar-refractivity contribution in [1.29, 1.82) is 0 Å². The first-order chi connectivity index (χ1) is 6.34. The highest BCUT2D eigenvalue weighted by Crippen LogP contribution is 2.16. The van der Waals surface area contributed by atoms with Gasteiger partial charge in [-0.05, 0) is 25.0 Å². The zero-order chi connectivity index (χ0) is 9.52. The van der Waals surface area contributed by atoms with Gasteiger partial charge in [-0.1, -0.05) is 18.2 Å². The molecule has 3 N–H and O–H groups in total. The van der Waals surface area contributed by atoms with Crippen molar-refractivity contribution in [1.82, 2.24) is 0 Å². The van der Waals surface area contributed by atoms with Gasteiger partial charge < -0.3 is 11.1 Å². The molecule has 1 aromatic rings. The first kappa shape index (κ1) is 9.65. The van der Waals surface area contributed by atoms with Crippen molar-refractivity contribution in [3.63, 3.8) is 0 Å². The lowest BCUT2D eigenvalue weighted by atomic mass is 10.2. The van der Waals surface area contributed by atoms with E-state index in [1.165, 1.54) is 0 Å². The second-order valence-electron chi connectivity index (χ2n) is 2.94. The SMILES string of the molecule is C=CCCCNc1ccccc1N. The van der Waals surface area contributed by atoms with Crippen LogP contribution in [0.5, 0.6) is 0 Å². The Morgan fingerprint density at radius 3 is 2.85 bits per heavy atom. The number of allylic oxidation sites excluding steroid dienone is 1. The van der Waals surface area contributed by atoms with Crippen molar-refractivity contribution in [2.45, 2.75) is 12.8 Å². The van der Waals surface area contributed by atoms with E-state index >= 15 is 0 Å². The van der Waals surface area contributed by atoms with Crippen molar-refractivity contribution in [2.75, 3.05) is 17.6 Å². The maximum atomic E-state index is 5.75. The summed E-state index contributed by atoms with van der Waals surface area (Å²) in [7, 11) is 0. The average molecular weight is 176 g/mol. The van der Waals surface area contributed by atoms with Gasteiger partial charge in [-0.3, -0.25) is 0 Å². The zero-order valence-electron chi connectivity index (χ0n) is 7.79. The van der Waals surface area contributed by atoms with Crippen LogP contribution in [0.2, 0.25) is 0 Å². The Morgan fingerprint density at radius 1 is 1.38 bits per heavy atom. The largest absolute Gasteiger partial charge is 0.397 e. The van der Waals surface area contributed by atoms with Crippen LogP contribution in [0.15, 0.2) is 36.9 Å². The summed E-state index contributed by atoms with van der Waals surface area (Å²) in [5, 5.41) is 3.27. The van der Waals surface area contributed by atoms with Crippen LogP contribution in [-0.4, -0.2) is 6.54 Å². The van der Waals surface area contributed by atoms with Gasteiger partial charge >= 0.3 is 0 Å². The van der Waals surface area contributed by atoms with Crippen LogP contribution in [0.3, 0.4) is 0 Å². The number of rotatable bonds is 5. The van der Waals surface area contributed by atoms with Gasteiger partial charge in [-0.2, -0.15) is 0 Å². The summed E-state index contributed by atoms with van der Waals surface area (Å²) in [6.45, 7) is 4.61. The van der Waals surface area contributed by atoms with E-state index in [0.29, 0.717) is 0 Å². The third-order valence-electron chi connectivity index (χ3n) is 1.86. The van der Waals surface area contributed by atoms with E-state index in [9.17, 15) is 0 Å². The molecule has 0 saturated heterocycles. The lowest BCUT2D eigenvalue weighted by molar-refractivity contribution is 0.891. The van der Waals surface area contributed by atoms with Crippen LogP contribution >= 0.6 is 0 Å². The fourth-order valence-corrected chi connectivity index (χ4v) is 1.13. The normalized spacial score (nSPS) is 9.54. The minimum absolute atomic E-state index is 0.807. The van der Waals surface area contributed by atoms with Gasteiger partial charge in [-0.25, -0.2) is 0 Å². The number of nitrogens with two attached hydrogens (primary N) is 1. The van der Waals surface area contributed by atoms with E-state index in [4.69, 9.17) is 5.73 Å². The molecular formula is C11H16N2. The number of anilines is 2.